The number of nitrogens with zero attached hydrogens (tertiary/aromatic N) is 2. The van der Waals surface area contributed by atoms with E-state index in [-0.39, 0.29) is 0 Å². The van der Waals surface area contributed by atoms with Crippen LogP contribution in [0.4, 0.5) is 13.2 Å². The van der Waals surface area contributed by atoms with Gasteiger partial charge in [0.2, 0.25) is 0 Å². The van der Waals surface area contributed by atoms with E-state index in [1.54, 1.807) is 0 Å². The molecule has 2 N–H and O–H groups in total. The lowest BCUT2D eigenvalue weighted by Gasteiger charge is -1.86. The molecule has 0 atom stereocenters. The molecule has 0 fully saturated rings. The van der Waals surface area contributed by atoms with Crippen molar-refractivity contribution in [2.24, 2.45) is 0 Å². The molecule has 0 spiro atoms. The average Bonchev–Trinajstić information content (AvgIpc) is 3.39. The molecule has 29 heavy (non-hydrogen) atoms. The topological polar surface area (TPSA) is 57.4 Å². The summed E-state index contributed by atoms with van der Waals surface area (Å²) in [5.41, 5.74) is 7.04. The highest BCUT2D eigenvalue weighted by Crippen LogP contribution is 2.21. The van der Waals surface area contributed by atoms with Gasteiger partial charge in [-0.15, -0.1) is 0 Å². The summed E-state index contributed by atoms with van der Waals surface area (Å²) in [5, 5.41) is -4.19. The van der Waals surface area contributed by atoms with Crippen molar-refractivity contribution in [3.05, 3.63) is 71.3 Å². The van der Waals surface area contributed by atoms with Crippen LogP contribution < -0.4 is 0 Å². The SMILES string of the molecule is FC(F)(F)Br.[2H]c1cc2cc3nc(cc4nc(cc5ccc(cc1[nH]2)[nH]5)C=C4)C=C3. The second kappa shape index (κ2) is 7.71. The standard InChI is InChI=1S/C20H14N4.CBrF3/c1-2-14-10-16-5-6-18(23-16)12-20-8-7-19(24-20)11-17-4-3-15(22-17)9-13(1)21-14;2-1(3,4)5/h1-12,21-22H;/i1D;. The minimum atomic E-state index is -4.19. The Balaban J connectivity index is 0.000000393. The predicted molar refractivity (Wildman–Crippen MR) is 114 cm³/mol. The summed E-state index contributed by atoms with van der Waals surface area (Å²) in [6.45, 7) is 0. The number of hydrogen-bond acceptors (Lipinski definition) is 2. The molecule has 146 valence electrons. The maximum Gasteiger partial charge on any atom is 0.448 e. The second-order valence-corrected chi connectivity index (χ2v) is 7.15. The Morgan fingerprint density at radius 2 is 1.10 bits per heavy atom. The third-order valence-electron chi connectivity index (χ3n) is 3.96. The van der Waals surface area contributed by atoms with Gasteiger partial charge in [-0.25, -0.2) is 9.97 Å². The van der Waals surface area contributed by atoms with Crippen LogP contribution in [-0.2, 0) is 0 Å². The molecule has 5 heterocycles. The molecular weight excluding hydrogens is 445 g/mol. The minimum absolute atomic E-state index is 0.455. The summed E-state index contributed by atoms with van der Waals surface area (Å²) >= 11 is 1.38. The van der Waals surface area contributed by atoms with E-state index < -0.39 is 5.09 Å². The van der Waals surface area contributed by atoms with Crippen LogP contribution in [0, 0.1) is 0 Å². The van der Waals surface area contributed by atoms with Gasteiger partial charge in [-0.2, -0.15) is 13.2 Å². The van der Waals surface area contributed by atoms with Gasteiger partial charge in [0.05, 0.1) is 24.1 Å². The van der Waals surface area contributed by atoms with Gasteiger partial charge >= 0.3 is 5.09 Å². The molecule has 3 aromatic rings. The number of rotatable bonds is 0. The second-order valence-electron chi connectivity index (χ2n) is 6.25. The van der Waals surface area contributed by atoms with E-state index in [0.29, 0.717) is 6.04 Å². The van der Waals surface area contributed by atoms with Crippen LogP contribution in [0.15, 0.2) is 48.5 Å². The highest BCUT2D eigenvalue weighted by Gasteiger charge is 2.19. The molecule has 2 aliphatic rings. The van der Waals surface area contributed by atoms with Crippen molar-refractivity contribution in [2.75, 3.05) is 0 Å². The Labute approximate surface area is 173 Å². The van der Waals surface area contributed by atoms with E-state index in [4.69, 9.17) is 1.37 Å². The highest BCUT2D eigenvalue weighted by atomic mass is 79.9. The van der Waals surface area contributed by atoms with Crippen LogP contribution in [-0.4, -0.2) is 25.0 Å². The number of hydrogen-bond donors (Lipinski definition) is 2. The first-order chi connectivity index (χ1) is 14.2. The van der Waals surface area contributed by atoms with E-state index in [0.717, 1.165) is 44.8 Å². The third-order valence-corrected chi connectivity index (χ3v) is 3.96. The molecule has 5 rings (SSSR count). The first-order valence-corrected chi connectivity index (χ1v) is 9.31. The zero-order valence-corrected chi connectivity index (χ0v) is 16.3. The molecule has 0 unspecified atom stereocenters. The number of halogens is 4. The molecule has 4 nitrogen and oxygen atoms in total. The van der Waals surface area contributed by atoms with Gasteiger partial charge in [-0.1, -0.05) is 0 Å². The van der Waals surface area contributed by atoms with Crippen molar-refractivity contribution in [3.8, 4) is 0 Å². The third kappa shape index (κ3) is 5.45. The van der Waals surface area contributed by atoms with Crippen LogP contribution in [0.25, 0.3) is 46.4 Å². The lowest BCUT2D eigenvalue weighted by Crippen LogP contribution is -1.88. The first-order valence-electron chi connectivity index (χ1n) is 9.02. The first kappa shape index (κ1) is 17.9. The van der Waals surface area contributed by atoms with E-state index in [9.17, 15) is 13.2 Å². The highest BCUT2D eigenvalue weighted by molar-refractivity contribution is 9.09. The van der Waals surface area contributed by atoms with Gasteiger partial charge in [-0.05, 0) is 72.8 Å². The fourth-order valence-electron chi connectivity index (χ4n) is 2.87. The lowest BCUT2D eigenvalue weighted by atomic mass is 10.3. The smallest absolute Gasteiger partial charge is 0.355 e. The van der Waals surface area contributed by atoms with Gasteiger partial charge in [0, 0.05) is 38.0 Å². The molecule has 8 bridgehead atoms. The van der Waals surface area contributed by atoms with Gasteiger partial charge < -0.3 is 9.97 Å². The normalized spacial score (nSPS) is 13.0. The van der Waals surface area contributed by atoms with Crippen molar-refractivity contribution < 1.29 is 14.5 Å². The number of aromatic nitrogens is 4. The van der Waals surface area contributed by atoms with Gasteiger partial charge in [0.1, 0.15) is 0 Å². The molecule has 0 amide bonds. The number of aromatic amines is 2. The Morgan fingerprint density at radius 1 is 0.690 bits per heavy atom. The van der Waals surface area contributed by atoms with E-state index in [1.807, 2.05) is 66.8 Å². The van der Waals surface area contributed by atoms with E-state index >= 15 is 0 Å². The zero-order chi connectivity index (χ0) is 21.3. The fraction of sp³-hybridized carbons (Fsp3) is 0.0476. The predicted octanol–water partition coefficient (Wildman–Crippen LogP) is 6.56. The van der Waals surface area contributed by atoms with Crippen LogP contribution in [0.1, 0.15) is 24.1 Å². The summed E-state index contributed by atoms with van der Waals surface area (Å²) in [4.78, 5) is 15.8. The summed E-state index contributed by atoms with van der Waals surface area (Å²) < 4.78 is 39.0. The van der Waals surface area contributed by atoms with Crippen LogP contribution in [0.2, 0.25) is 0 Å². The van der Waals surface area contributed by atoms with Crippen molar-refractivity contribution in [3.63, 3.8) is 0 Å². The Kier molecular flexibility index (Phi) is 4.77. The Morgan fingerprint density at radius 3 is 1.66 bits per heavy atom. The van der Waals surface area contributed by atoms with Crippen molar-refractivity contribution >= 4 is 62.3 Å². The largest absolute Gasteiger partial charge is 0.448 e. The average molecular weight is 460 g/mol. The summed E-state index contributed by atoms with van der Waals surface area (Å²) in [7, 11) is 0. The van der Waals surface area contributed by atoms with Gasteiger partial charge in [0.15, 0.2) is 0 Å². The molecule has 2 aliphatic heterocycles. The quantitative estimate of drug-likeness (QED) is 0.257. The number of nitrogens with one attached hydrogen (secondary N) is 2. The summed E-state index contributed by atoms with van der Waals surface area (Å²) in [5.74, 6) is 0. The molecule has 0 aliphatic carbocycles. The maximum absolute atomic E-state index is 10.3. The number of fused-ring (bicyclic) bond motifs is 8. The monoisotopic (exact) mass is 459 g/mol. The van der Waals surface area contributed by atoms with Crippen LogP contribution in [0.3, 0.4) is 0 Å². The zero-order valence-electron chi connectivity index (χ0n) is 15.8. The molecule has 3 aromatic heterocycles. The maximum atomic E-state index is 10.3. The van der Waals surface area contributed by atoms with Crippen molar-refractivity contribution in [1.82, 2.24) is 19.9 Å². The molecular formula is C21H14BrF3N4. The van der Waals surface area contributed by atoms with Crippen LogP contribution >= 0.6 is 15.9 Å². The fourth-order valence-corrected chi connectivity index (χ4v) is 2.87. The van der Waals surface area contributed by atoms with Crippen molar-refractivity contribution in [2.45, 2.75) is 5.09 Å². The minimum Gasteiger partial charge on any atom is -0.355 e. The van der Waals surface area contributed by atoms with Crippen LogP contribution in [0.5, 0.6) is 0 Å². The van der Waals surface area contributed by atoms with E-state index in [1.165, 1.54) is 15.9 Å². The van der Waals surface area contributed by atoms with Gasteiger partial charge in [-0.3, -0.25) is 0 Å². The Bertz CT molecular complexity index is 1310. The molecule has 0 saturated heterocycles. The number of alkyl halides is 4. The van der Waals surface area contributed by atoms with Gasteiger partial charge in [0.25, 0.3) is 0 Å². The molecule has 0 saturated carbocycles. The molecule has 0 aromatic carbocycles. The summed E-state index contributed by atoms with van der Waals surface area (Å²) in [6.07, 6.45) is 7.91. The molecule has 0 radical (unpaired) electrons. The van der Waals surface area contributed by atoms with Crippen molar-refractivity contribution in [1.29, 1.82) is 0 Å². The summed E-state index contributed by atoms with van der Waals surface area (Å²) in [6, 6.07) is 14.1. The molecule has 8 heteroatoms. The lowest BCUT2D eigenvalue weighted by molar-refractivity contribution is -0.0245. The van der Waals surface area contributed by atoms with E-state index in [2.05, 4.69) is 19.9 Å². The Hall–Kier alpha value is -3.13. The number of H-pyrrole nitrogens is 2.